The summed E-state index contributed by atoms with van der Waals surface area (Å²) in [5.74, 6) is 0.475. The van der Waals surface area contributed by atoms with Gasteiger partial charge in [0.2, 0.25) is 10.0 Å². The molecule has 1 aromatic rings. The van der Waals surface area contributed by atoms with Gasteiger partial charge in [0.25, 0.3) is 0 Å². The minimum Gasteiger partial charge on any atom is -0.208 e. The van der Waals surface area contributed by atoms with Crippen molar-refractivity contribution in [2.45, 2.75) is 50.0 Å². The van der Waals surface area contributed by atoms with E-state index in [1.807, 2.05) is 12.1 Å². The van der Waals surface area contributed by atoms with Gasteiger partial charge in [-0.1, -0.05) is 26.0 Å². The van der Waals surface area contributed by atoms with Crippen LogP contribution in [0.5, 0.6) is 0 Å². The van der Waals surface area contributed by atoms with Crippen molar-refractivity contribution in [1.29, 1.82) is 0 Å². The summed E-state index contributed by atoms with van der Waals surface area (Å²) >= 11 is 0. The third-order valence-electron chi connectivity index (χ3n) is 3.27. The Hall–Kier alpha value is -0.870. The van der Waals surface area contributed by atoms with Crippen LogP contribution in [-0.4, -0.2) is 14.5 Å². The van der Waals surface area contributed by atoms with E-state index in [4.69, 9.17) is 0 Å². The molecule has 0 spiro atoms. The fourth-order valence-corrected chi connectivity index (χ4v) is 3.00. The van der Waals surface area contributed by atoms with Gasteiger partial charge in [-0.15, -0.1) is 0 Å². The van der Waals surface area contributed by atoms with Crippen LogP contribution in [0.15, 0.2) is 29.2 Å². The van der Waals surface area contributed by atoms with Crippen LogP contribution in [0.1, 0.15) is 44.6 Å². The lowest BCUT2D eigenvalue weighted by Crippen LogP contribution is -2.25. The SMILES string of the molecule is CCC(C)c1ccc(S(=O)(=O)NC2CC2)cc1. The quantitative estimate of drug-likeness (QED) is 0.877. The Kier molecular flexibility index (Phi) is 3.54. The highest BCUT2D eigenvalue weighted by Crippen LogP contribution is 2.24. The topological polar surface area (TPSA) is 46.2 Å². The maximum Gasteiger partial charge on any atom is 0.240 e. The van der Waals surface area contributed by atoms with Gasteiger partial charge in [-0.25, -0.2) is 13.1 Å². The van der Waals surface area contributed by atoms with E-state index in [-0.39, 0.29) is 6.04 Å². The van der Waals surface area contributed by atoms with Crippen molar-refractivity contribution in [3.63, 3.8) is 0 Å². The van der Waals surface area contributed by atoms with E-state index >= 15 is 0 Å². The average molecular weight is 253 g/mol. The van der Waals surface area contributed by atoms with Gasteiger partial charge in [-0.3, -0.25) is 0 Å². The lowest BCUT2D eigenvalue weighted by atomic mass is 9.99. The summed E-state index contributed by atoms with van der Waals surface area (Å²) in [6, 6.07) is 7.39. The molecule has 4 heteroatoms. The molecule has 0 aromatic heterocycles. The zero-order chi connectivity index (χ0) is 12.5. The van der Waals surface area contributed by atoms with Crippen molar-refractivity contribution in [1.82, 2.24) is 4.72 Å². The Morgan fingerprint density at radius 1 is 1.29 bits per heavy atom. The normalized spacial score (nSPS) is 18.0. The maximum absolute atomic E-state index is 11.9. The Balaban J connectivity index is 2.16. The molecule has 1 fully saturated rings. The maximum atomic E-state index is 11.9. The molecule has 0 bridgehead atoms. The lowest BCUT2D eigenvalue weighted by Gasteiger charge is -2.10. The lowest BCUT2D eigenvalue weighted by molar-refractivity contribution is 0.581. The molecule has 1 atom stereocenters. The number of benzene rings is 1. The highest BCUT2D eigenvalue weighted by molar-refractivity contribution is 7.89. The van der Waals surface area contributed by atoms with Gasteiger partial charge in [-0.2, -0.15) is 0 Å². The van der Waals surface area contributed by atoms with Gasteiger partial charge >= 0.3 is 0 Å². The zero-order valence-corrected chi connectivity index (χ0v) is 11.1. The van der Waals surface area contributed by atoms with E-state index < -0.39 is 10.0 Å². The molecule has 3 nitrogen and oxygen atoms in total. The minimum absolute atomic E-state index is 0.161. The highest BCUT2D eigenvalue weighted by atomic mass is 32.2. The van der Waals surface area contributed by atoms with Crippen LogP contribution in [-0.2, 0) is 10.0 Å². The van der Waals surface area contributed by atoms with Crippen molar-refractivity contribution in [3.8, 4) is 0 Å². The van der Waals surface area contributed by atoms with E-state index in [2.05, 4.69) is 18.6 Å². The standard InChI is InChI=1S/C13H19NO2S/c1-3-10(2)11-4-8-13(9-5-11)17(15,16)14-12-6-7-12/h4-5,8-10,12,14H,3,6-7H2,1-2H3. The largest absolute Gasteiger partial charge is 0.240 e. The van der Waals surface area contributed by atoms with Crippen molar-refractivity contribution < 1.29 is 8.42 Å². The Morgan fingerprint density at radius 2 is 1.88 bits per heavy atom. The van der Waals surface area contributed by atoms with E-state index in [1.165, 1.54) is 5.56 Å². The summed E-state index contributed by atoms with van der Waals surface area (Å²) in [6.07, 6.45) is 2.99. The summed E-state index contributed by atoms with van der Waals surface area (Å²) in [7, 11) is -3.30. The molecule has 0 amide bonds. The second kappa shape index (κ2) is 4.78. The Morgan fingerprint density at radius 3 is 2.35 bits per heavy atom. The predicted octanol–water partition coefficient (Wildman–Crippen LogP) is 2.64. The fourth-order valence-electron chi connectivity index (χ4n) is 1.70. The number of hydrogen-bond acceptors (Lipinski definition) is 2. The molecular formula is C13H19NO2S. The first kappa shape index (κ1) is 12.6. The van der Waals surface area contributed by atoms with Crippen molar-refractivity contribution in [2.75, 3.05) is 0 Å². The molecule has 0 radical (unpaired) electrons. The van der Waals surface area contributed by atoms with E-state index in [1.54, 1.807) is 12.1 Å². The van der Waals surface area contributed by atoms with Crippen molar-refractivity contribution >= 4 is 10.0 Å². The summed E-state index contributed by atoms with van der Waals surface area (Å²) in [5.41, 5.74) is 1.19. The number of rotatable bonds is 5. The minimum atomic E-state index is -3.30. The van der Waals surface area contributed by atoms with Gasteiger partial charge in [0.1, 0.15) is 0 Å². The van der Waals surface area contributed by atoms with Gasteiger partial charge in [0, 0.05) is 6.04 Å². The average Bonchev–Trinajstić information content (AvgIpc) is 3.11. The Bertz CT molecular complexity index is 475. The van der Waals surface area contributed by atoms with Gasteiger partial charge in [-0.05, 0) is 42.9 Å². The fraction of sp³-hybridized carbons (Fsp3) is 0.538. The van der Waals surface area contributed by atoms with Gasteiger partial charge in [0.05, 0.1) is 4.90 Å². The molecular weight excluding hydrogens is 234 g/mol. The molecule has 1 aliphatic rings. The van der Waals surface area contributed by atoms with Crippen LogP contribution in [0.4, 0.5) is 0 Å². The van der Waals surface area contributed by atoms with Crippen LogP contribution >= 0.6 is 0 Å². The molecule has 17 heavy (non-hydrogen) atoms. The highest BCUT2D eigenvalue weighted by Gasteiger charge is 2.27. The number of nitrogens with one attached hydrogen (secondary N) is 1. The van der Waals surface area contributed by atoms with Gasteiger partial charge < -0.3 is 0 Å². The summed E-state index contributed by atoms with van der Waals surface area (Å²) in [4.78, 5) is 0.372. The monoisotopic (exact) mass is 253 g/mol. The van der Waals surface area contributed by atoms with E-state index in [0.717, 1.165) is 19.3 Å². The summed E-state index contributed by atoms with van der Waals surface area (Å²) in [5, 5.41) is 0. The second-order valence-electron chi connectivity index (χ2n) is 4.77. The summed E-state index contributed by atoms with van der Waals surface area (Å²) in [6.45, 7) is 4.27. The van der Waals surface area contributed by atoms with Crippen molar-refractivity contribution in [3.05, 3.63) is 29.8 Å². The zero-order valence-electron chi connectivity index (χ0n) is 10.3. The number of hydrogen-bond donors (Lipinski definition) is 1. The van der Waals surface area contributed by atoms with Crippen LogP contribution in [0.3, 0.4) is 0 Å². The molecule has 1 aliphatic carbocycles. The van der Waals surface area contributed by atoms with E-state index in [0.29, 0.717) is 10.8 Å². The van der Waals surface area contributed by atoms with Crippen molar-refractivity contribution in [2.24, 2.45) is 0 Å². The molecule has 0 aliphatic heterocycles. The predicted molar refractivity (Wildman–Crippen MR) is 68.5 cm³/mol. The van der Waals surface area contributed by atoms with Crippen LogP contribution < -0.4 is 4.72 Å². The molecule has 0 heterocycles. The molecule has 1 saturated carbocycles. The molecule has 0 saturated heterocycles. The number of sulfonamides is 1. The first-order valence-corrected chi connectivity index (χ1v) is 7.63. The second-order valence-corrected chi connectivity index (χ2v) is 6.49. The third-order valence-corrected chi connectivity index (χ3v) is 4.81. The van der Waals surface area contributed by atoms with Gasteiger partial charge in [0.15, 0.2) is 0 Å². The van der Waals surface area contributed by atoms with E-state index in [9.17, 15) is 8.42 Å². The third kappa shape index (κ3) is 3.07. The molecule has 1 N–H and O–H groups in total. The molecule has 1 aromatic carbocycles. The first-order valence-electron chi connectivity index (χ1n) is 6.15. The van der Waals surface area contributed by atoms with Crippen LogP contribution in [0.25, 0.3) is 0 Å². The molecule has 94 valence electrons. The smallest absolute Gasteiger partial charge is 0.208 e. The van der Waals surface area contributed by atoms with Crippen LogP contribution in [0, 0.1) is 0 Å². The molecule has 2 rings (SSSR count). The summed E-state index contributed by atoms with van der Waals surface area (Å²) < 4.78 is 26.5. The first-order chi connectivity index (χ1) is 8.03. The molecule has 1 unspecified atom stereocenters. The Labute approximate surface area is 103 Å². The van der Waals surface area contributed by atoms with Crippen LogP contribution in [0.2, 0.25) is 0 Å².